The lowest BCUT2D eigenvalue weighted by Crippen LogP contribution is -2.27. The van der Waals surface area contributed by atoms with Crippen molar-refractivity contribution in [3.63, 3.8) is 0 Å². The predicted molar refractivity (Wildman–Crippen MR) is 103 cm³/mol. The predicted octanol–water partition coefficient (Wildman–Crippen LogP) is 4.53. The van der Waals surface area contributed by atoms with Crippen molar-refractivity contribution >= 4 is 22.7 Å². The van der Waals surface area contributed by atoms with E-state index in [2.05, 4.69) is 16.0 Å². The monoisotopic (exact) mass is 352 g/mol. The molecular weight excluding hydrogens is 328 g/mol. The minimum Gasteiger partial charge on any atom is -0.444 e. The number of ether oxygens (including phenoxy) is 1. The summed E-state index contributed by atoms with van der Waals surface area (Å²) in [6, 6.07) is 15.7. The number of carbonyl (C=O) groups is 1. The molecule has 5 heteroatoms. The molecule has 0 aliphatic rings. The lowest BCUT2D eigenvalue weighted by molar-refractivity contribution is 0.0636. The molecule has 1 heterocycles. The molecular formula is C21H24N2O3. The molecule has 0 aliphatic heterocycles. The molecule has 0 unspecified atom stereocenters. The average molecular weight is 352 g/mol. The van der Waals surface area contributed by atoms with E-state index in [1.165, 1.54) is 0 Å². The van der Waals surface area contributed by atoms with E-state index in [9.17, 15) is 4.79 Å². The van der Waals surface area contributed by atoms with E-state index in [4.69, 9.17) is 9.84 Å². The maximum atomic E-state index is 12.0. The molecule has 0 aliphatic carbocycles. The summed E-state index contributed by atoms with van der Waals surface area (Å²) in [6.07, 6.45) is 1.57. The normalized spacial score (nSPS) is 11.5. The van der Waals surface area contributed by atoms with Gasteiger partial charge in [0.05, 0.1) is 12.1 Å². The summed E-state index contributed by atoms with van der Waals surface area (Å²) in [4.78, 5) is 12.0. The van der Waals surface area contributed by atoms with Crippen molar-refractivity contribution in [2.24, 2.45) is 0 Å². The number of anilines is 1. The highest BCUT2D eigenvalue weighted by Gasteiger charge is 2.16. The van der Waals surface area contributed by atoms with Crippen LogP contribution < -0.4 is 5.32 Å². The second kappa shape index (κ2) is 7.22. The molecule has 0 bridgehead atoms. The first-order valence-electron chi connectivity index (χ1n) is 8.62. The molecule has 2 aromatic carbocycles. The van der Waals surface area contributed by atoms with Crippen LogP contribution in [0.4, 0.5) is 10.5 Å². The fourth-order valence-electron chi connectivity index (χ4n) is 2.77. The van der Waals surface area contributed by atoms with Crippen LogP contribution in [0.25, 0.3) is 10.9 Å². The fraction of sp³-hybridized carbons (Fsp3) is 0.286. The zero-order valence-electron chi connectivity index (χ0n) is 15.3. The number of fused-ring (bicyclic) bond motifs is 1. The number of hydrogen-bond acceptors (Lipinski definition) is 3. The van der Waals surface area contributed by atoms with Gasteiger partial charge in [-0.05, 0) is 55.5 Å². The van der Waals surface area contributed by atoms with Gasteiger partial charge in [-0.15, -0.1) is 0 Å². The van der Waals surface area contributed by atoms with Gasteiger partial charge >= 0.3 is 6.09 Å². The van der Waals surface area contributed by atoms with Crippen LogP contribution in [0, 0.1) is 0 Å². The highest BCUT2D eigenvalue weighted by molar-refractivity contribution is 5.90. The number of benzene rings is 2. The van der Waals surface area contributed by atoms with Gasteiger partial charge in [0.15, 0.2) is 0 Å². The summed E-state index contributed by atoms with van der Waals surface area (Å²) in [7, 11) is 0. The van der Waals surface area contributed by atoms with E-state index in [1.807, 2.05) is 69.4 Å². The van der Waals surface area contributed by atoms with Crippen molar-refractivity contribution in [1.82, 2.24) is 4.57 Å². The number of hydrogen-bond donors (Lipinski definition) is 2. The van der Waals surface area contributed by atoms with Crippen LogP contribution in [0.2, 0.25) is 0 Å². The Morgan fingerprint density at radius 1 is 1.08 bits per heavy atom. The molecule has 3 rings (SSSR count). The van der Waals surface area contributed by atoms with E-state index in [0.29, 0.717) is 12.2 Å². The number of nitrogens with one attached hydrogen (secondary N) is 1. The van der Waals surface area contributed by atoms with Crippen molar-refractivity contribution in [2.45, 2.75) is 39.5 Å². The van der Waals surface area contributed by atoms with Gasteiger partial charge in [-0.1, -0.05) is 30.3 Å². The third kappa shape index (κ3) is 4.43. The summed E-state index contributed by atoms with van der Waals surface area (Å²) in [5.74, 6) is 0. The zero-order valence-corrected chi connectivity index (χ0v) is 15.3. The van der Waals surface area contributed by atoms with Crippen molar-refractivity contribution in [3.05, 3.63) is 65.9 Å². The molecule has 0 atom stereocenters. The molecule has 0 saturated carbocycles. The third-order valence-electron chi connectivity index (χ3n) is 3.98. The van der Waals surface area contributed by atoms with Crippen LogP contribution in [-0.2, 0) is 17.9 Å². The maximum Gasteiger partial charge on any atom is 0.412 e. The lowest BCUT2D eigenvalue weighted by atomic mass is 10.1. The van der Waals surface area contributed by atoms with Crippen LogP contribution in [-0.4, -0.2) is 21.4 Å². The SMILES string of the molecule is CC(C)(C)OC(=O)Nc1ccc2ccn(Cc3ccc(CO)cc3)c2c1. The minimum absolute atomic E-state index is 0.0480. The quantitative estimate of drug-likeness (QED) is 0.725. The van der Waals surface area contributed by atoms with Crippen LogP contribution >= 0.6 is 0 Å². The number of aliphatic hydroxyl groups excluding tert-OH is 1. The summed E-state index contributed by atoms with van der Waals surface area (Å²) in [5.41, 5.74) is 3.24. The van der Waals surface area contributed by atoms with Gasteiger partial charge in [0.1, 0.15) is 5.60 Å². The second-order valence-corrected chi connectivity index (χ2v) is 7.32. The molecule has 136 valence electrons. The zero-order chi connectivity index (χ0) is 18.7. The average Bonchev–Trinajstić information content (AvgIpc) is 2.96. The molecule has 3 aromatic rings. The highest BCUT2D eigenvalue weighted by Crippen LogP contribution is 2.22. The molecule has 0 saturated heterocycles. The van der Waals surface area contributed by atoms with Crippen molar-refractivity contribution in [1.29, 1.82) is 0 Å². The highest BCUT2D eigenvalue weighted by atomic mass is 16.6. The van der Waals surface area contributed by atoms with Gasteiger partial charge < -0.3 is 14.4 Å². The van der Waals surface area contributed by atoms with Gasteiger partial charge in [-0.2, -0.15) is 0 Å². The first kappa shape index (κ1) is 18.0. The number of aromatic nitrogens is 1. The van der Waals surface area contributed by atoms with Crippen LogP contribution in [0.1, 0.15) is 31.9 Å². The van der Waals surface area contributed by atoms with Crippen molar-refractivity contribution in [3.8, 4) is 0 Å². The summed E-state index contributed by atoms with van der Waals surface area (Å²) < 4.78 is 7.43. The smallest absolute Gasteiger partial charge is 0.412 e. The van der Waals surface area contributed by atoms with Gasteiger partial charge in [0, 0.05) is 18.4 Å². The molecule has 0 radical (unpaired) electrons. The molecule has 1 amide bonds. The molecule has 0 fully saturated rings. The number of rotatable bonds is 4. The summed E-state index contributed by atoms with van der Waals surface area (Å²) >= 11 is 0. The van der Waals surface area contributed by atoms with E-state index in [0.717, 1.165) is 22.0 Å². The standard InChI is InChI=1S/C21H24N2O3/c1-21(2,3)26-20(25)22-18-9-8-17-10-11-23(19(17)12-18)13-15-4-6-16(14-24)7-5-15/h4-12,24H,13-14H2,1-3H3,(H,22,25). The van der Waals surface area contributed by atoms with Gasteiger partial charge in [0.2, 0.25) is 0 Å². The van der Waals surface area contributed by atoms with Crippen molar-refractivity contribution < 1.29 is 14.6 Å². The van der Waals surface area contributed by atoms with E-state index in [1.54, 1.807) is 0 Å². The Hall–Kier alpha value is -2.79. The minimum atomic E-state index is -0.533. The summed E-state index contributed by atoms with van der Waals surface area (Å²) in [5, 5.41) is 13.0. The number of amides is 1. The Labute approximate surface area is 153 Å². The Bertz CT molecular complexity index is 905. The Balaban J connectivity index is 1.80. The largest absolute Gasteiger partial charge is 0.444 e. The van der Waals surface area contributed by atoms with Crippen LogP contribution in [0.15, 0.2) is 54.7 Å². The molecule has 1 aromatic heterocycles. The Morgan fingerprint density at radius 2 is 1.77 bits per heavy atom. The summed E-state index contributed by atoms with van der Waals surface area (Å²) in [6.45, 7) is 6.27. The molecule has 26 heavy (non-hydrogen) atoms. The Kier molecular flexibility index (Phi) is 5.00. The van der Waals surface area contributed by atoms with Crippen LogP contribution in [0.5, 0.6) is 0 Å². The van der Waals surface area contributed by atoms with E-state index < -0.39 is 11.7 Å². The molecule has 5 nitrogen and oxygen atoms in total. The topological polar surface area (TPSA) is 63.5 Å². The molecule has 0 spiro atoms. The van der Waals surface area contributed by atoms with Gasteiger partial charge in [-0.3, -0.25) is 5.32 Å². The third-order valence-corrected chi connectivity index (χ3v) is 3.98. The van der Waals surface area contributed by atoms with Crippen molar-refractivity contribution in [2.75, 3.05) is 5.32 Å². The van der Waals surface area contributed by atoms with Gasteiger partial charge in [0.25, 0.3) is 0 Å². The van der Waals surface area contributed by atoms with Crippen LogP contribution in [0.3, 0.4) is 0 Å². The maximum absolute atomic E-state index is 12.0. The second-order valence-electron chi connectivity index (χ2n) is 7.32. The lowest BCUT2D eigenvalue weighted by Gasteiger charge is -2.19. The first-order valence-corrected chi connectivity index (χ1v) is 8.62. The Morgan fingerprint density at radius 3 is 2.42 bits per heavy atom. The van der Waals surface area contributed by atoms with E-state index in [-0.39, 0.29) is 6.61 Å². The van der Waals surface area contributed by atoms with E-state index >= 15 is 0 Å². The number of nitrogens with zero attached hydrogens (tertiary/aromatic N) is 1. The van der Waals surface area contributed by atoms with Gasteiger partial charge in [-0.25, -0.2) is 4.79 Å². The number of aliphatic hydroxyl groups is 1. The number of carbonyl (C=O) groups excluding carboxylic acids is 1. The molecule has 2 N–H and O–H groups in total. The first-order chi connectivity index (χ1) is 12.3. The fourth-order valence-corrected chi connectivity index (χ4v) is 2.77.